The molecule has 0 amide bonds. The van der Waals surface area contributed by atoms with Gasteiger partial charge < -0.3 is 15.2 Å². The van der Waals surface area contributed by atoms with E-state index in [1.807, 2.05) is 39.1 Å². The number of aliphatic hydroxyl groups is 1. The van der Waals surface area contributed by atoms with Crippen LogP contribution in [0.2, 0.25) is 0 Å². The molecule has 3 nitrogen and oxygen atoms in total. The molecule has 2 N–H and O–H groups in total. The Kier molecular flexibility index (Phi) is 4.12. The second-order valence-electron chi connectivity index (χ2n) is 3.77. The summed E-state index contributed by atoms with van der Waals surface area (Å²) in [4.78, 5) is 0. The van der Waals surface area contributed by atoms with Gasteiger partial charge in [0.2, 0.25) is 0 Å². The molecule has 2 unspecified atom stereocenters. The van der Waals surface area contributed by atoms with Crippen molar-refractivity contribution in [2.45, 2.75) is 26.0 Å². The molecule has 2 atom stereocenters. The number of hydrogen-bond acceptors (Lipinski definition) is 3. The predicted octanol–water partition coefficient (Wildman–Crippen LogP) is 1.64. The Balaban J connectivity index is 3.05. The van der Waals surface area contributed by atoms with Gasteiger partial charge in [0.15, 0.2) is 0 Å². The third-order valence-corrected chi connectivity index (χ3v) is 2.63. The average molecular weight is 209 g/mol. The number of likely N-dealkylation sites (N-methyl/N-ethyl adjacent to an activating group) is 1. The summed E-state index contributed by atoms with van der Waals surface area (Å²) in [5.74, 6) is 0.732. The zero-order chi connectivity index (χ0) is 11.4. The first-order valence-corrected chi connectivity index (χ1v) is 5.10. The summed E-state index contributed by atoms with van der Waals surface area (Å²) in [5.41, 5.74) is 1.95. The molecule has 0 aliphatic heterocycles. The van der Waals surface area contributed by atoms with Gasteiger partial charge in [-0.05, 0) is 33.0 Å². The maximum Gasteiger partial charge on any atom is 0.124 e. The van der Waals surface area contributed by atoms with E-state index in [2.05, 4.69) is 5.32 Å². The molecule has 1 aromatic rings. The Morgan fingerprint density at radius 2 is 2.07 bits per heavy atom. The number of benzene rings is 1. The Bertz CT molecular complexity index is 325. The zero-order valence-electron chi connectivity index (χ0n) is 9.74. The first-order chi connectivity index (χ1) is 7.10. The van der Waals surface area contributed by atoms with E-state index >= 15 is 0 Å². The first kappa shape index (κ1) is 12.0. The van der Waals surface area contributed by atoms with Crippen molar-refractivity contribution in [1.82, 2.24) is 5.32 Å². The van der Waals surface area contributed by atoms with Gasteiger partial charge in [0.25, 0.3) is 0 Å². The van der Waals surface area contributed by atoms with Crippen LogP contribution in [0.5, 0.6) is 5.75 Å². The lowest BCUT2D eigenvalue weighted by Gasteiger charge is -2.21. The Morgan fingerprint density at radius 3 is 2.60 bits per heavy atom. The minimum absolute atomic E-state index is 0.000648. The van der Waals surface area contributed by atoms with Crippen LogP contribution in [-0.2, 0) is 0 Å². The van der Waals surface area contributed by atoms with E-state index in [9.17, 15) is 5.11 Å². The Labute approximate surface area is 91.1 Å². The van der Waals surface area contributed by atoms with Crippen LogP contribution < -0.4 is 10.1 Å². The smallest absolute Gasteiger partial charge is 0.124 e. The van der Waals surface area contributed by atoms with Crippen molar-refractivity contribution in [3.63, 3.8) is 0 Å². The number of aryl methyl sites for hydroxylation is 1. The topological polar surface area (TPSA) is 41.5 Å². The lowest BCUT2D eigenvalue weighted by molar-refractivity contribution is 0.136. The zero-order valence-corrected chi connectivity index (χ0v) is 9.74. The fraction of sp³-hybridized carbons (Fsp3) is 0.500. The molecule has 0 aliphatic carbocycles. The van der Waals surface area contributed by atoms with E-state index in [1.54, 1.807) is 7.11 Å². The van der Waals surface area contributed by atoms with Crippen molar-refractivity contribution in [2.75, 3.05) is 14.2 Å². The number of methoxy groups -OCH3 is 1. The SMILES string of the molecule is CNC(C)C(O)c1cc(C)ccc1OC. The van der Waals surface area contributed by atoms with Crippen LogP contribution in [0.25, 0.3) is 0 Å². The van der Waals surface area contributed by atoms with Crippen molar-refractivity contribution < 1.29 is 9.84 Å². The third kappa shape index (κ3) is 2.70. The van der Waals surface area contributed by atoms with E-state index in [4.69, 9.17) is 4.74 Å². The number of rotatable bonds is 4. The third-order valence-electron chi connectivity index (χ3n) is 2.63. The van der Waals surface area contributed by atoms with Gasteiger partial charge >= 0.3 is 0 Å². The van der Waals surface area contributed by atoms with E-state index in [-0.39, 0.29) is 6.04 Å². The van der Waals surface area contributed by atoms with Gasteiger partial charge in [-0.3, -0.25) is 0 Å². The fourth-order valence-electron chi connectivity index (χ4n) is 1.51. The number of aliphatic hydroxyl groups excluding tert-OH is 1. The van der Waals surface area contributed by atoms with Crippen LogP contribution in [0.4, 0.5) is 0 Å². The highest BCUT2D eigenvalue weighted by Gasteiger charge is 2.18. The molecule has 0 aromatic heterocycles. The summed E-state index contributed by atoms with van der Waals surface area (Å²) >= 11 is 0. The molecule has 0 spiro atoms. The molecule has 0 heterocycles. The summed E-state index contributed by atoms with van der Waals surface area (Å²) in [6, 6.07) is 5.81. The largest absolute Gasteiger partial charge is 0.496 e. The average Bonchev–Trinajstić information content (AvgIpc) is 2.27. The van der Waals surface area contributed by atoms with Crippen molar-refractivity contribution in [3.05, 3.63) is 29.3 Å². The normalized spacial score (nSPS) is 14.7. The van der Waals surface area contributed by atoms with Crippen molar-refractivity contribution in [1.29, 1.82) is 0 Å². The highest BCUT2D eigenvalue weighted by Crippen LogP contribution is 2.28. The summed E-state index contributed by atoms with van der Waals surface area (Å²) in [5, 5.41) is 13.1. The highest BCUT2D eigenvalue weighted by atomic mass is 16.5. The van der Waals surface area contributed by atoms with Gasteiger partial charge in [0, 0.05) is 11.6 Å². The van der Waals surface area contributed by atoms with Crippen LogP contribution in [0.1, 0.15) is 24.2 Å². The van der Waals surface area contributed by atoms with E-state index in [0.717, 1.165) is 16.9 Å². The number of nitrogens with one attached hydrogen (secondary N) is 1. The molecule has 0 saturated carbocycles. The maximum atomic E-state index is 10.1. The molecule has 1 rings (SSSR count). The first-order valence-electron chi connectivity index (χ1n) is 5.10. The quantitative estimate of drug-likeness (QED) is 0.792. The second-order valence-corrected chi connectivity index (χ2v) is 3.77. The Hall–Kier alpha value is -1.06. The van der Waals surface area contributed by atoms with Crippen molar-refractivity contribution >= 4 is 0 Å². The number of ether oxygens (including phenoxy) is 1. The lowest BCUT2D eigenvalue weighted by Crippen LogP contribution is -2.29. The van der Waals surface area contributed by atoms with Crippen LogP contribution in [0.15, 0.2) is 18.2 Å². The summed E-state index contributed by atoms with van der Waals surface area (Å²) in [6.07, 6.45) is -0.551. The van der Waals surface area contributed by atoms with Gasteiger partial charge in [-0.15, -0.1) is 0 Å². The van der Waals surface area contributed by atoms with Gasteiger partial charge in [-0.2, -0.15) is 0 Å². The van der Waals surface area contributed by atoms with E-state index in [0.29, 0.717) is 0 Å². The molecular formula is C12H19NO2. The minimum Gasteiger partial charge on any atom is -0.496 e. The van der Waals surface area contributed by atoms with Crippen LogP contribution in [-0.4, -0.2) is 25.3 Å². The Morgan fingerprint density at radius 1 is 1.40 bits per heavy atom. The van der Waals surface area contributed by atoms with Crippen molar-refractivity contribution in [2.24, 2.45) is 0 Å². The molecule has 0 fully saturated rings. The summed E-state index contributed by atoms with van der Waals surface area (Å²) in [6.45, 7) is 3.94. The van der Waals surface area contributed by atoms with Crippen molar-refractivity contribution in [3.8, 4) is 5.75 Å². The van der Waals surface area contributed by atoms with Gasteiger partial charge in [-0.1, -0.05) is 11.6 Å². The summed E-state index contributed by atoms with van der Waals surface area (Å²) in [7, 11) is 3.45. The lowest BCUT2D eigenvalue weighted by atomic mass is 10.0. The minimum atomic E-state index is -0.551. The number of hydrogen-bond donors (Lipinski definition) is 2. The molecule has 84 valence electrons. The molecule has 0 bridgehead atoms. The molecular weight excluding hydrogens is 190 g/mol. The van der Waals surface area contributed by atoms with Crippen LogP contribution >= 0.6 is 0 Å². The summed E-state index contributed by atoms with van der Waals surface area (Å²) < 4.78 is 5.23. The standard InChI is InChI=1S/C12H19NO2/c1-8-5-6-11(15-4)10(7-8)12(14)9(2)13-3/h5-7,9,12-14H,1-4H3. The van der Waals surface area contributed by atoms with Gasteiger partial charge in [0.1, 0.15) is 5.75 Å². The van der Waals surface area contributed by atoms with Crippen LogP contribution in [0, 0.1) is 6.92 Å². The highest BCUT2D eigenvalue weighted by molar-refractivity contribution is 5.38. The van der Waals surface area contributed by atoms with Gasteiger partial charge in [0.05, 0.1) is 13.2 Å². The molecule has 15 heavy (non-hydrogen) atoms. The molecule has 0 radical (unpaired) electrons. The fourth-order valence-corrected chi connectivity index (χ4v) is 1.51. The monoisotopic (exact) mass is 209 g/mol. The van der Waals surface area contributed by atoms with Crippen LogP contribution in [0.3, 0.4) is 0 Å². The molecule has 0 saturated heterocycles. The maximum absolute atomic E-state index is 10.1. The van der Waals surface area contributed by atoms with Gasteiger partial charge in [-0.25, -0.2) is 0 Å². The molecule has 1 aromatic carbocycles. The molecule has 3 heteroatoms. The predicted molar refractivity (Wildman–Crippen MR) is 61.2 cm³/mol. The second kappa shape index (κ2) is 5.14. The van der Waals surface area contributed by atoms with E-state index < -0.39 is 6.10 Å². The molecule has 0 aliphatic rings. The van der Waals surface area contributed by atoms with E-state index in [1.165, 1.54) is 0 Å².